The molecule has 9 heteroatoms. The first kappa shape index (κ1) is 19.2. The molecule has 0 aromatic carbocycles. The Morgan fingerprint density at radius 2 is 1.85 bits per heavy atom. The second-order valence-corrected chi connectivity index (χ2v) is 7.19. The van der Waals surface area contributed by atoms with E-state index in [1.165, 1.54) is 18.7 Å². The van der Waals surface area contributed by atoms with Gasteiger partial charge in [-0.05, 0) is 31.8 Å². The highest BCUT2D eigenvalue weighted by atomic mass is 32.2. The highest BCUT2D eigenvalue weighted by Crippen LogP contribution is 2.04. The molecule has 0 radical (unpaired) electrons. The molecule has 0 aliphatic rings. The Labute approximate surface area is 123 Å². The van der Waals surface area contributed by atoms with Crippen LogP contribution < -0.4 is 10.0 Å². The number of hydrogen-bond acceptors (Lipinski definition) is 5. The van der Waals surface area contributed by atoms with Crippen LogP contribution in [0.25, 0.3) is 0 Å². The van der Waals surface area contributed by atoms with Crippen molar-refractivity contribution in [3.63, 3.8) is 0 Å². The minimum absolute atomic E-state index is 0.133. The number of carboxylic acid groups (broad SMARTS) is 1. The second kappa shape index (κ2) is 9.19. The van der Waals surface area contributed by atoms with Gasteiger partial charge in [-0.1, -0.05) is 6.92 Å². The third-order valence-electron chi connectivity index (χ3n) is 2.65. The Morgan fingerprint density at radius 3 is 2.25 bits per heavy atom. The smallest absolute Gasteiger partial charge is 0.326 e. The third kappa shape index (κ3) is 7.11. The maximum Gasteiger partial charge on any atom is 0.326 e. The number of rotatable bonds is 10. The minimum Gasteiger partial charge on any atom is -0.480 e. The van der Waals surface area contributed by atoms with Crippen molar-refractivity contribution in [3.05, 3.63) is 0 Å². The van der Waals surface area contributed by atoms with Gasteiger partial charge in [-0.25, -0.2) is 17.9 Å². The topological polar surface area (TPSA) is 113 Å². The Morgan fingerprint density at radius 1 is 1.25 bits per heavy atom. The Hall–Kier alpha value is -0.800. The SMILES string of the molecule is CCC(NC(=O)C(CCSC)NS(=O)(=O)CC)C(=O)O. The maximum atomic E-state index is 12.0. The molecule has 0 bridgehead atoms. The van der Waals surface area contributed by atoms with Crippen LogP contribution >= 0.6 is 11.8 Å². The lowest BCUT2D eigenvalue weighted by Gasteiger charge is -2.20. The van der Waals surface area contributed by atoms with E-state index < -0.39 is 34.0 Å². The summed E-state index contributed by atoms with van der Waals surface area (Å²) in [5, 5.41) is 11.2. The van der Waals surface area contributed by atoms with Crippen molar-refractivity contribution in [2.24, 2.45) is 0 Å². The number of carbonyl (C=O) groups excluding carboxylic acids is 1. The zero-order chi connectivity index (χ0) is 15.8. The van der Waals surface area contributed by atoms with E-state index in [2.05, 4.69) is 10.0 Å². The molecule has 20 heavy (non-hydrogen) atoms. The van der Waals surface area contributed by atoms with Gasteiger partial charge in [-0.3, -0.25) is 4.79 Å². The van der Waals surface area contributed by atoms with Crippen molar-refractivity contribution >= 4 is 33.7 Å². The Bertz CT molecular complexity index is 425. The molecule has 0 fully saturated rings. The monoisotopic (exact) mass is 326 g/mol. The van der Waals surface area contributed by atoms with Crippen molar-refractivity contribution in [1.29, 1.82) is 0 Å². The van der Waals surface area contributed by atoms with Gasteiger partial charge < -0.3 is 10.4 Å². The number of nitrogens with one attached hydrogen (secondary N) is 2. The normalized spacial score (nSPS) is 14.6. The average molecular weight is 326 g/mol. The lowest BCUT2D eigenvalue weighted by Crippen LogP contribution is -2.51. The van der Waals surface area contributed by atoms with Crippen LogP contribution in [0.2, 0.25) is 0 Å². The van der Waals surface area contributed by atoms with E-state index in [4.69, 9.17) is 5.11 Å². The van der Waals surface area contributed by atoms with Gasteiger partial charge >= 0.3 is 5.97 Å². The van der Waals surface area contributed by atoms with Crippen LogP contribution in [-0.4, -0.2) is 55.2 Å². The second-order valence-electron chi connectivity index (χ2n) is 4.16. The molecule has 0 aromatic heterocycles. The largest absolute Gasteiger partial charge is 0.480 e. The van der Waals surface area contributed by atoms with Gasteiger partial charge in [0.1, 0.15) is 12.1 Å². The van der Waals surface area contributed by atoms with E-state index in [0.29, 0.717) is 12.2 Å². The predicted molar refractivity (Wildman–Crippen MR) is 79.2 cm³/mol. The minimum atomic E-state index is -3.52. The molecular formula is C11H22N2O5S2. The van der Waals surface area contributed by atoms with Gasteiger partial charge in [0, 0.05) is 0 Å². The van der Waals surface area contributed by atoms with Gasteiger partial charge in [0.15, 0.2) is 0 Å². The summed E-state index contributed by atoms with van der Waals surface area (Å²) >= 11 is 1.48. The predicted octanol–water partition coefficient (Wildman–Crippen LogP) is 0.0268. The summed E-state index contributed by atoms with van der Waals surface area (Å²) in [4.78, 5) is 22.9. The molecule has 118 valence electrons. The van der Waals surface area contributed by atoms with Gasteiger partial charge in [0.2, 0.25) is 15.9 Å². The van der Waals surface area contributed by atoms with E-state index in [0.717, 1.165) is 0 Å². The maximum absolute atomic E-state index is 12.0. The van der Waals surface area contributed by atoms with E-state index in [1.807, 2.05) is 6.26 Å². The number of carbonyl (C=O) groups is 2. The zero-order valence-corrected chi connectivity index (χ0v) is 13.5. The van der Waals surface area contributed by atoms with Crippen molar-refractivity contribution < 1.29 is 23.1 Å². The summed E-state index contributed by atoms with van der Waals surface area (Å²) in [7, 11) is -3.52. The van der Waals surface area contributed by atoms with E-state index in [9.17, 15) is 18.0 Å². The number of carboxylic acids is 1. The number of thioether (sulfide) groups is 1. The van der Waals surface area contributed by atoms with E-state index in [-0.39, 0.29) is 12.2 Å². The summed E-state index contributed by atoms with van der Waals surface area (Å²) in [6.07, 6.45) is 2.38. The Kier molecular flexibility index (Phi) is 8.83. The fraction of sp³-hybridized carbons (Fsp3) is 0.818. The van der Waals surface area contributed by atoms with Crippen molar-refractivity contribution in [1.82, 2.24) is 10.0 Å². The van der Waals surface area contributed by atoms with E-state index in [1.54, 1.807) is 6.92 Å². The lowest BCUT2D eigenvalue weighted by molar-refractivity contribution is -0.142. The zero-order valence-electron chi connectivity index (χ0n) is 11.9. The number of hydrogen-bond donors (Lipinski definition) is 3. The molecule has 0 aliphatic carbocycles. The van der Waals surface area contributed by atoms with Crippen LogP contribution in [0.15, 0.2) is 0 Å². The van der Waals surface area contributed by atoms with Crippen molar-refractivity contribution in [2.45, 2.75) is 38.8 Å². The molecule has 0 spiro atoms. The average Bonchev–Trinajstić information content (AvgIpc) is 2.39. The molecule has 0 aliphatic heterocycles. The Balaban J connectivity index is 4.84. The molecule has 1 amide bonds. The van der Waals surface area contributed by atoms with Gasteiger partial charge in [-0.2, -0.15) is 11.8 Å². The lowest BCUT2D eigenvalue weighted by atomic mass is 10.2. The highest BCUT2D eigenvalue weighted by molar-refractivity contribution is 7.98. The fourth-order valence-corrected chi connectivity index (χ4v) is 2.69. The molecule has 0 aromatic rings. The third-order valence-corrected chi connectivity index (χ3v) is 4.70. The number of amides is 1. The first-order valence-electron chi connectivity index (χ1n) is 6.29. The molecule has 2 atom stereocenters. The molecule has 0 saturated heterocycles. The van der Waals surface area contributed by atoms with Crippen LogP contribution in [0.4, 0.5) is 0 Å². The van der Waals surface area contributed by atoms with Gasteiger partial charge in [-0.15, -0.1) is 0 Å². The van der Waals surface area contributed by atoms with Crippen molar-refractivity contribution in [2.75, 3.05) is 17.8 Å². The summed E-state index contributed by atoms with van der Waals surface area (Å²) < 4.78 is 25.4. The summed E-state index contributed by atoms with van der Waals surface area (Å²) in [5.74, 6) is -1.28. The fourth-order valence-electron chi connectivity index (χ4n) is 1.39. The van der Waals surface area contributed by atoms with Crippen molar-refractivity contribution in [3.8, 4) is 0 Å². The standard InChI is InChI=1S/C11H22N2O5S2/c1-4-8(11(15)16)12-10(14)9(6-7-19-3)13-20(17,18)5-2/h8-9,13H,4-7H2,1-3H3,(H,12,14)(H,15,16). The molecule has 7 nitrogen and oxygen atoms in total. The van der Waals surface area contributed by atoms with Gasteiger partial charge in [0.25, 0.3) is 0 Å². The molecular weight excluding hydrogens is 304 g/mol. The number of aliphatic carboxylic acids is 1. The first-order valence-corrected chi connectivity index (χ1v) is 9.34. The van der Waals surface area contributed by atoms with Crippen LogP contribution in [0.1, 0.15) is 26.7 Å². The highest BCUT2D eigenvalue weighted by Gasteiger charge is 2.26. The summed E-state index contributed by atoms with van der Waals surface area (Å²) in [6, 6.07) is -1.95. The van der Waals surface area contributed by atoms with Gasteiger partial charge in [0.05, 0.1) is 5.75 Å². The van der Waals surface area contributed by atoms with Crippen LogP contribution in [0, 0.1) is 0 Å². The molecule has 0 saturated carbocycles. The summed E-state index contributed by atoms with van der Waals surface area (Å²) in [6.45, 7) is 3.10. The van der Waals surface area contributed by atoms with Crippen LogP contribution in [0.3, 0.4) is 0 Å². The molecule has 0 heterocycles. The number of sulfonamides is 1. The molecule has 2 unspecified atom stereocenters. The first-order chi connectivity index (χ1) is 9.27. The van der Waals surface area contributed by atoms with Crippen LogP contribution in [-0.2, 0) is 19.6 Å². The van der Waals surface area contributed by atoms with E-state index >= 15 is 0 Å². The quantitative estimate of drug-likeness (QED) is 0.522. The summed E-state index contributed by atoms with van der Waals surface area (Å²) in [5.41, 5.74) is 0. The van der Waals surface area contributed by atoms with Crippen LogP contribution in [0.5, 0.6) is 0 Å². The molecule has 3 N–H and O–H groups in total. The molecule has 0 rings (SSSR count).